The lowest BCUT2D eigenvalue weighted by Crippen LogP contribution is -2.21. The van der Waals surface area contributed by atoms with Crippen LogP contribution in [0.3, 0.4) is 0 Å². The first kappa shape index (κ1) is 10.2. The van der Waals surface area contributed by atoms with E-state index in [0.717, 1.165) is 0 Å². The topological polar surface area (TPSA) is 88.5 Å². The summed E-state index contributed by atoms with van der Waals surface area (Å²) in [6, 6.07) is 0. The van der Waals surface area contributed by atoms with Crippen LogP contribution >= 0.6 is 0 Å². The maximum atomic E-state index is 10.3. The minimum Gasteiger partial charge on any atom is -0.303 e. The molecule has 0 heterocycles. The summed E-state index contributed by atoms with van der Waals surface area (Å²) in [6.07, 6.45) is 0.384. The Kier molecular flexibility index (Phi) is 3.91. The van der Waals surface area contributed by atoms with Gasteiger partial charge in [0, 0.05) is 6.42 Å². The van der Waals surface area contributed by atoms with E-state index < -0.39 is 15.4 Å². The summed E-state index contributed by atoms with van der Waals surface area (Å²) in [5, 5.41) is -1.47. The van der Waals surface area contributed by atoms with Gasteiger partial charge in [-0.3, -0.25) is 4.55 Å². The molecule has 0 aromatic heterocycles. The highest BCUT2D eigenvalue weighted by atomic mass is 32.2. The summed E-state index contributed by atoms with van der Waals surface area (Å²) in [5.41, 5.74) is 0. The number of aldehydes is 2. The second-order valence-electron chi connectivity index (χ2n) is 1.93. The van der Waals surface area contributed by atoms with E-state index in [9.17, 15) is 18.0 Å². The van der Waals surface area contributed by atoms with Crippen LogP contribution in [0.5, 0.6) is 0 Å². The summed E-state index contributed by atoms with van der Waals surface area (Å²) in [4.78, 5) is 19.8. The van der Waals surface area contributed by atoms with Crippen molar-refractivity contribution in [2.75, 3.05) is 0 Å². The highest BCUT2D eigenvalue weighted by Gasteiger charge is 2.20. The van der Waals surface area contributed by atoms with Gasteiger partial charge in [0.15, 0.2) is 0 Å². The van der Waals surface area contributed by atoms with Gasteiger partial charge in [0.05, 0.1) is 0 Å². The molecule has 0 saturated heterocycles. The average Bonchev–Trinajstić information content (AvgIpc) is 1.87. The molecule has 5 nitrogen and oxygen atoms in total. The van der Waals surface area contributed by atoms with Crippen LogP contribution in [0.15, 0.2) is 0 Å². The number of rotatable bonds is 5. The summed E-state index contributed by atoms with van der Waals surface area (Å²) in [6.45, 7) is 0. The Bertz CT molecular complexity index is 229. The molecule has 1 unspecified atom stereocenters. The van der Waals surface area contributed by atoms with E-state index in [4.69, 9.17) is 4.55 Å². The van der Waals surface area contributed by atoms with Gasteiger partial charge in [0.2, 0.25) is 0 Å². The minimum absolute atomic E-state index is 0.0524. The molecule has 64 valence electrons. The van der Waals surface area contributed by atoms with E-state index in [1.807, 2.05) is 0 Å². The average molecular weight is 180 g/mol. The van der Waals surface area contributed by atoms with Gasteiger partial charge in [-0.25, -0.2) is 0 Å². The second-order valence-corrected chi connectivity index (χ2v) is 3.57. The summed E-state index contributed by atoms with van der Waals surface area (Å²) < 4.78 is 28.9. The molecule has 0 fully saturated rings. The minimum atomic E-state index is -4.31. The molecule has 0 aliphatic carbocycles. The van der Waals surface area contributed by atoms with Crippen molar-refractivity contribution in [1.29, 1.82) is 0 Å². The first-order valence-electron chi connectivity index (χ1n) is 2.87. The lowest BCUT2D eigenvalue weighted by molar-refractivity contribution is -0.108. The van der Waals surface area contributed by atoms with Crippen LogP contribution in [0.1, 0.15) is 12.8 Å². The van der Waals surface area contributed by atoms with Crippen LogP contribution in [-0.2, 0) is 19.7 Å². The summed E-state index contributed by atoms with van der Waals surface area (Å²) >= 11 is 0. The fraction of sp³-hybridized carbons (Fsp3) is 0.600. The van der Waals surface area contributed by atoms with Crippen molar-refractivity contribution in [3.63, 3.8) is 0 Å². The summed E-state index contributed by atoms with van der Waals surface area (Å²) in [7, 11) is -4.31. The molecule has 0 aromatic rings. The fourth-order valence-corrected chi connectivity index (χ4v) is 1.09. The molecule has 0 bridgehead atoms. The van der Waals surface area contributed by atoms with Gasteiger partial charge < -0.3 is 9.59 Å². The van der Waals surface area contributed by atoms with E-state index in [-0.39, 0.29) is 19.1 Å². The van der Waals surface area contributed by atoms with Gasteiger partial charge in [-0.15, -0.1) is 0 Å². The van der Waals surface area contributed by atoms with E-state index >= 15 is 0 Å². The fourth-order valence-electron chi connectivity index (χ4n) is 0.519. The standard InChI is InChI=1S/C5H8O5S/c6-3-1-2-5(4-7)11(8,9)10/h3-5H,1-2H2,(H,8,9,10). The molecular weight excluding hydrogens is 172 g/mol. The van der Waals surface area contributed by atoms with Crippen LogP contribution in [0.4, 0.5) is 0 Å². The highest BCUT2D eigenvalue weighted by Crippen LogP contribution is 2.02. The molecule has 1 atom stereocenters. The Labute approximate surface area is 64.2 Å². The lowest BCUT2D eigenvalue weighted by atomic mass is 10.3. The van der Waals surface area contributed by atoms with Crippen molar-refractivity contribution < 1.29 is 22.6 Å². The maximum Gasteiger partial charge on any atom is 0.274 e. The third kappa shape index (κ3) is 3.84. The molecule has 6 heteroatoms. The molecule has 0 rings (SSSR count). The van der Waals surface area contributed by atoms with Gasteiger partial charge in [-0.1, -0.05) is 0 Å². The van der Waals surface area contributed by atoms with E-state index in [0.29, 0.717) is 6.29 Å². The Morgan fingerprint density at radius 2 is 1.91 bits per heavy atom. The molecule has 0 spiro atoms. The van der Waals surface area contributed by atoms with Gasteiger partial charge in [0.1, 0.15) is 17.8 Å². The zero-order valence-corrected chi connectivity index (χ0v) is 6.45. The maximum absolute atomic E-state index is 10.3. The van der Waals surface area contributed by atoms with Gasteiger partial charge in [-0.05, 0) is 6.42 Å². The lowest BCUT2D eigenvalue weighted by Gasteiger charge is -2.01. The normalized spacial score (nSPS) is 13.9. The Morgan fingerprint density at radius 3 is 2.18 bits per heavy atom. The van der Waals surface area contributed by atoms with Crippen molar-refractivity contribution in [3.8, 4) is 0 Å². The monoisotopic (exact) mass is 180 g/mol. The second kappa shape index (κ2) is 4.20. The Balaban J connectivity index is 4.18. The van der Waals surface area contributed by atoms with Crippen LogP contribution in [0, 0.1) is 0 Å². The quantitative estimate of drug-likeness (QED) is 0.451. The van der Waals surface area contributed by atoms with E-state index in [2.05, 4.69) is 0 Å². The number of hydrogen-bond acceptors (Lipinski definition) is 4. The zero-order chi connectivity index (χ0) is 8.91. The predicted molar refractivity (Wildman–Crippen MR) is 36.7 cm³/mol. The molecule has 11 heavy (non-hydrogen) atoms. The number of hydrogen-bond donors (Lipinski definition) is 1. The van der Waals surface area contributed by atoms with E-state index in [1.54, 1.807) is 0 Å². The van der Waals surface area contributed by atoms with Crippen molar-refractivity contribution in [2.45, 2.75) is 18.1 Å². The van der Waals surface area contributed by atoms with Crippen LogP contribution < -0.4 is 0 Å². The van der Waals surface area contributed by atoms with Crippen LogP contribution in [-0.4, -0.2) is 30.8 Å². The third-order valence-electron chi connectivity index (χ3n) is 1.10. The first-order valence-corrected chi connectivity index (χ1v) is 4.38. The first-order chi connectivity index (χ1) is 5.02. The van der Waals surface area contributed by atoms with Gasteiger partial charge in [-0.2, -0.15) is 8.42 Å². The molecule has 1 N–H and O–H groups in total. The molecule has 0 saturated carbocycles. The van der Waals surface area contributed by atoms with Crippen molar-refractivity contribution in [2.24, 2.45) is 0 Å². The van der Waals surface area contributed by atoms with Crippen LogP contribution in [0.2, 0.25) is 0 Å². The van der Waals surface area contributed by atoms with Crippen molar-refractivity contribution in [1.82, 2.24) is 0 Å². The number of carbonyl (C=O) groups is 2. The van der Waals surface area contributed by atoms with E-state index in [1.165, 1.54) is 0 Å². The Hall–Kier alpha value is -0.750. The van der Waals surface area contributed by atoms with Crippen LogP contribution in [0.25, 0.3) is 0 Å². The smallest absolute Gasteiger partial charge is 0.274 e. The van der Waals surface area contributed by atoms with Crippen molar-refractivity contribution >= 4 is 22.7 Å². The molecule has 0 aromatic carbocycles. The Morgan fingerprint density at radius 1 is 1.36 bits per heavy atom. The molecule has 0 amide bonds. The van der Waals surface area contributed by atoms with Gasteiger partial charge >= 0.3 is 0 Å². The molecule has 0 radical (unpaired) electrons. The largest absolute Gasteiger partial charge is 0.303 e. The molecule has 0 aliphatic rings. The number of carbonyl (C=O) groups excluding carboxylic acids is 2. The third-order valence-corrected chi connectivity index (χ3v) is 2.22. The zero-order valence-electron chi connectivity index (χ0n) is 5.63. The molecular formula is C5H8O5S. The SMILES string of the molecule is O=CCCC(C=O)S(=O)(=O)O. The predicted octanol–water partition coefficient (Wildman–Crippen LogP) is -0.579. The van der Waals surface area contributed by atoms with Gasteiger partial charge in [0.25, 0.3) is 10.1 Å². The summed E-state index contributed by atoms with van der Waals surface area (Å²) in [5.74, 6) is 0. The molecule has 0 aliphatic heterocycles. The highest BCUT2D eigenvalue weighted by molar-refractivity contribution is 7.87. The van der Waals surface area contributed by atoms with Crippen molar-refractivity contribution in [3.05, 3.63) is 0 Å².